The molecular weight excluding hydrogens is 437 g/mol. The lowest BCUT2D eigenvalue weighted by Gasteiger charge is -2.16. The SMILES string of the molecule is CC1(C)OC[C@H](C/C=C/S(=O)(=O)c2ccc(Oc3ccc(OC(F)(F)F)cc3)cc2)O1. The van der Waals surface area contributed by atoms with Gasteiger partial charge < -0.3 is 18.9 Å². The molecule has 0 spiro atoms. The molecule has 0 saturated carbocycles. The normalized spacial score (nSPS) is 18.9. The van der Waals surface area contributed by atoms with Crippen molar-refractivity contribution in [3.05, 3.63) is 60.0 Å². The Morgan fingerprint density at radius 1 is 1.03 bits per heavy atom. The number of halogens is 3. The molecule has 0 aliphatic carbocycles. The number of sulfone groups is 1. The molecule has 2 aromatic rings. The second-order valence-electron chi connectivity index (χ2n) is 7.20. The zero-order valence-corrected chi connectivity index (χ0v) is 17.6. The van der Waals surface area contributed by atoms with E-state index in [1.807, 2.05) is 0 Å². The van der Waals surface area contributed by atoms with Crippen LogP contribution in [0.3, 0.4) is 0 Å². The second-order valence-corrected chi connectivity index (χ2v) is 9.03. The minimum Gasteiger partial charge on any atom is -0.457 e. The summed E-state index contributed by atoms with van der Waals surface area (Å²) < 4.78 is 81.8. The first-order chi connectivity index (χ1) is 14.4. The maximum atomic E-state index is 12.4. The Morgan fingerprint density at radius 2 is 1.58 bits per heavy atom. The summed E-state index contributed by atoms with van der Waals surface area (Å²) in [5.41, 5.74) is 0. The van der Waals surface area contributed by atoms with Gasteiger partial charge in [0, 0.05) is 5.41 Å². The first-order valence-electron chi connectivity index (χ1n) is 9.29. The molecule has 1 fully saturated rings. The Kier molecular flexibility index (Phi) is 6.63. The van der Waals surface area contributed by atoms with Gasteiger partial charge in [-0.15, -0.1) is 13.2 Å². The Balaban J connectivity index is 1.58. The van der Waals surface area contributed by atoms with E-state index >= 15 is 0 Å². The van der Waals surface area contributed by atoms with E-state index in [2.05, 4.69) is 4.74 Å². The first kappa shape index (κ1) is 23.1. The van der Waals surface area contributed by atoms with E-state index in [0.29, 0.717) is 18.8 Å². The smallest absolute Gasteiger partial charge is 0.457 e. The highest BCUT2D eigenvalue weighted by molar-refractivity contribution is 7.94. The van der Waals surface area contributed by atoms with Gasteiger partial charge in [0.15, 0.2) is 15.6 Å². The zero-order chi connectivity index (χ0) is 22.7. The van der Waals surface area contributed by atoms with Crippen LogP contribution in [0.4, 0.5) is 13.2 Å². The van der Waals surface area contributed by atoms with E-state index < -0.39 is 22.0 Å². The van der Waals surface area contributed by atoms with Crippen LogP contribution in [-0.2, 0) is 19.3 Å². The standard InChI is InChI=1S/C21H21F3O6S/c1-20(2)27-14-18(29-20)4-3-13-31(25,26)19-11-9-16(10-12-19)28-15-5-7-17(8-6-15)30-21(22,23)24/h3,5-13,18H,4,14H2,1-2H3/b13-3+/t18-/m0/s1. The fourth-order valence-corrected chi connectivity index (χ4v) is 3.87. The number of benzene rings is 2. The van der Waals surface area contributed by atoms with Crippen molar-refractivity contribution in [3.8, 4) is 17.2 Å². The lowest BCUT2D eigenvalue weighted by Crippen LogP contribution is -2.21. The van der Waals surface area contributed by atoms with Crippen LogP contribution in [-0.4, -0.2) is 33.3 Å². The summed E-state index contributed by atoms with van der Waals surface area (Å²) in [6.07, 6.45) is -3.05. The summed E-state index contributed by atoms with van der Waals surface area (Å²) in [5.74, 6) is -0.442. The van der Waals surface area contributed by atoms with Crippen molar-refractivity contribution in [1.82, 2.24) is 0 Å². The zero-order valence-electron chi connectivity index (χ0n) is 16.8. The minimum absolute atomic E-state index is 0.0777. The first-order valence-corrected chi connectivity index (χ1v) is 10.8. The van der Waals surface area contributed by atoms with Crippen LogP contribution in [0.5, 0.6) is 17.2 Å². The molecule has 168 valence electrons. The molecule has 31 heavy (non-hydrogen) atoms. The predicted molar refractivity (Wildman–Crippen MR) is 105 cm³/mol. The van der Waals surface area contributed by atoms with Gasteiger partial charge in [-0.3, -0.25) is 0 Å². The van der Waals surface area contributed by atoms with Gasteiger partial charge in [0.2, 0.25) is 0 Å². The maximum absolute atomic E-state index is 12.4. The lowest BCUT2D eigenvalue weighted by atomic mass is 10.3. The largest absolute Gasteiger partial charge is 0.573 e. The third kappa shape index (κ3) is 6.98. The molecule has 1 saturated heterocycles. The van der Waals surface area contributed by atoms with Gasteiger partial charge in [-0.1, -0.05) is 6.08 Å². The van der Waals surface area contributed by atoms with Gasteiger partial charge in [0.05, 0.1) is 17.6 Å². The molecule has 3 rings (SSSR count). The molecule has 0 unspecified atom stereocenters. The molecule has 1 heterocycles. The monoisotopic (exact) mass is 458 g/mol. The van der Waals surface area contributed by atoms with E-state index in [4.69, 9.17) is 14.2 Å². The highest BCUT2D eigenvalue weighted by atomic mass is 32.2. The van der Waals surface area contributed by atoms with Gasteiger partial charge in [0.1, 0.15) is 17.2 Å². The molecule has 0 bridgehead atoms. The quantitative estimate of drug-likeness (QED) is 0.568. The average molecular weight is 458 g/mol. The molecule has 1 aliphatic rings. The summed E-state index contributed by atoms with van der Waals surface area (Å²) in [6.45, 7) is 3.98. The number of alkyl halides is 3. The van der Waals surface area contributed by atoms with E-state index in [1.165, 1.54) is 42.5 Å². The molecule has 0 amide bonds. The number of hydrogen-bond acceptors (Lipinski definition) is 6. The third-order valence-electron chi connectivity index (χ3n) is 4.19. The van der Waals surface area contributed by atoms with Crippen molar-refractivity contribution < 1.29 is 40.5 Å². The van der Waals surface area contributed by atoms with Crippen molar-refractivity contribution in [1.29, 1.82) is 0 Å². The van der Waals surface area contributed by atoms with Crippen LogP contribution in [0.25, 0.3) is 0 Å². The third-order valence-corrected chi connectivity index (χ3v) is 5.67. The Morgan fingerprint density at radius 3 is 2.10 bits per heavy atom. The molecule has 2 aromatic carbocycles. The predicted octanol–water partition coefficient (Wildman–Crippen LogP) is 5.21. The summed E-state index contributed by atoms with van der Waals surface area (Å²) in [6, 6.07) is 10.5. The summed E-state index contributed by atoms with van der Waals surface area (Å²) in [7, 11) is -3.65. The van der Waals surface area contributed by atoms with Crippen molar-refractivity contribution in [2.75, 3.05) is 6.61 Å². The van der Waals surface area contributed by atoms with E-state index in [-0.39, 0.29) is 22.5 Å². The molecule has 1 atom stereocenters. The Labute approximate surface area is 178 Å². The van der Waals surface area contributed by atoms with Crippen LogP contribution in [0.1, 0.15) is 20.3 Å². The van der Waals surface area contributed by atoms with Gasteiger partial charge >= 0.3 is 6.36 Å². The highest BCUT2D eigenvalue weighted by Crippen LogP contribution is 2.28. The van der Waals surface area contributed by atoms with Gasteiger partial charge in [-0.25, -0.2) is 8.42 Å². The molecule has 0 radical (unpaired) electrons. The van der Waals surface area contributed by atoms with Crippen LogP contribution in [0.15, 0.2) is 64.9 Å². The molecule has 1 aliphatic heterocycles. The fourth-order valence-electron chi connectivity index (χ4n) is 2.83. The van der Waals surface area contributed by atoms with Crippen molar-refractivity contribution >= 4 is 9.84 Å². The molecule has 0 N–H and O–H groups in total. The van der Waals surface area contributed by atoms with E-state index in [0.717, 1.165) is 17.5 Å². The Hall–Kier alpha value is -2.56. The van der Waals surface area contributed by atoms with Crippen molar-refractivity contribution in [3.63, 3.8) is 0 Å². The van der Waals surface area contributed by atoms with Gasteiger partial charge in [-0.05, 0) is 68.8 Å². The summed E-state index contributed by atoms with van der Waals surface area (Å²) in [5, 5.41) is 1.12. The number of rotatable bonds is 7. The lowest BCUT2D eigenvalue weighted by molar-refractivity contribution is -0.274. The topological polar surface area (TPSA) is 71.1 Å². The van der Waals surface area contributed by atoms with E-state index in [9.17, 15) is 21.6 Å². The van der Waals surface area contributed by atoms with Crippen molar-refractivity contribution in [2.45, 2.75) is 43.4 Å². The number of hydrogen-bond donors (Lipinski definition) is 0. The van der Waals surface area contributed by atoms with Crippen molar-refractivity contribution in [2.24, 2.45) is 0 Å². The molecule has 10 heteroatoms. The second kappa shape index (κ2) is 8.89. The summed E-state index contributed by atoms with van der Waals surface area (Å²) >= 11 is 0. The minimum atomic E-state index is -4.77. The van der Waals surface area contributed by atoms with E-state index in [1.54, 1.807) is 13.8 Å². The highest BCUT2D eigenvalue weighted by Gasteiger charge is 2.32. The molecular formula is C21H21F3O6S. The van der Waals surface area contributed by atoms with Crippen LogP contribution in [0, 0.1) is 0 Å². The molecule has 0 aromatic heterocycles. The average Bonchev–Trinajstić information content (AvgIpc) is 3.01. The summed E-state index contributed by atoms with van der Waals surface area (Å²) in [4.78, 5) is 0.0777. The van der Waals surface area contributed by atoms with Crippen LogP contribution >= 0.6 is 0 Å². The van der Waals surface area contributed by atoms with Gasteiger partial charge in [-0.2, -0.15) is 0 Å². The Bertz CT molecular complexity index is 1010. The number of ether oxygens (including phenoxy) is 4. The van der Waals surface area contributed by atoms with Crippen LogP contribution < -0.4 is 9.47 Å². The fraction of sp³-hybridized carbons (Fsp3) is 0.333. The van der Waals surface area contributed by atoms with Crippen LogP contribution in [0.2, 0.25) is 0 Å². The molecule has 6 nitrogen and oxygen atoms in total. The maximum Gasteiger partial charge on any atom is 0.573 e. The van der Waals surface area contributed by atoms with Gasteiger partial charge in [0.25, 0.3) is 0 Å².